The van der Waals surface area contributed by atoms with E-state index in [4.69, 9.17) is 10.9 Å². The molecule has 0 bridgehead atoms. The van der Waals surface area contributed by atoms with Crippen LogP contribution in [0.1, 0.15) is 31.4 Å². The number of benzene rings is 1. The first-order valence-corrected chi connectivity index (χ1v) is 5.65. The first-order valence-electron chi connectivity index (χ1n) is 4.85. The Balaban J connectivity index is 0.00000128. The lowest BCUT2D eigenvalue weighted by molar-refractivity contribution is 0.315. The van der Waals surface area contributed by atoms with Crippen LogP contribution in [-0.2, 0) is 5.41 Å². The molecular formula is C12H17BrN2O. The van der Waals surface area contributed by atoms with Crippen molar-refractivity contribution in [3.8, 4) is 0 Å². The Bertz CT molecular complexity index is 405. The maximum Gasteiger partial charge on any atom is 0.149 e. The third-order valence-electron chi connectivity index (χ3n) is 3.05. The average molecular weight is 285 g/mol. The van der Waals surface area contributed by atoms with Crippen molar-refractivity contribution in [2.45, 2.75) is 32.6 Å². The maximum absolute atomic E-state index is 8.80. The van der Waals surface area contributed by atoms with Gasteiger partial charge in [0.2, 0.25) is 0 Å². The van der Waals surface area contributed by atoms with Crippen LogP contribution in [0.4, 0.5) is 0 Å². The zero-order chi connectivity index (χ0) is 11.1. The maximum atomic E-state index is 8.80. The monoisotopic (exact) mass is 284 g/mol. The van der Waals surface area contributed by atoms with Crippen LogP contribution in [0.5, 0.6) is 0 Å². The lowest BCUT2D eigenvalue weighted by Crippen LogP contribution is -2.29. The third-order valence-corrected chi connectivity index (χ3v) is 3.71. The highest BCUT2D eigenvalue weighted by Gasteiger charge is 2.50. The van der Waals surface area contributed by atoms with Gasteiger partial charge in [0.15, 0.2) is 0 Å². The van der Waals surface area contributed by atoms with Crippen LogP contribution in [0.2, 0.25) is 0 Å². The molecule has 3 nitrogen and oxygen atoms in total. The van der Waals surface area contributed by atoms with Crippen LogP contribution in [0, 0.1) is 6.92 Å². The predicted molar refractivity (Wildman–Crippen MR) is 69.9 cm³/mol. The Morgan fingerprint density at radius 1 is 1.50 bits per heavy atom. The minimum absolute atomic E-state index is 0. The highest BCUT2D eigenvalue weighted by molar-refractivity contribution is 9.10. The summed E-state index contributed by atoms with van der Waals surface area (Å²) in [5.74, 6) is 0.317. The van der Waals surface area contributed by atoms with Crippen molar-refractivity contribution in [3.63, 3.8) is 0 Å². The van der Waals surface area contributed by atoms with Gasteiger partial charge in [-0.25, -0.2) is 0 Å². The number of oxime groups is 1. The van der Waals surface area contributed by atoms with Crippen molar-refractivity contribution >= 4 is 21.8 Å². The van der Waals surface area contributed by atoms with Crippen molar-refractivity contribution in [2.75, 3.05) is 0 Å². The summed E-state index contributed by atoms with van der Waals surface area (Å²) in [7, 11) is 0. The van der Waals surface area contributed by atoms with Crippen LogP contribution in [-0.4, -0.2) is 11.0 Å². The number of rotatable bonds is 2. The highest BCUT2D eigenvalue weighted by Crippen LogP contribution is 2.51. The van der Waals surface area contributed by atoms with E-state index in [2.05, 4.69) is 21.1 Å². The van der Waals surface area contributed by atoms with Gasteiger partial charge in [0.05, 0.1) is 5.41 Å². The van der Waals surface area contributed by atoms with Gasteiger partial charge < -0.3 is 10.9 Å². The summed E-state index contributed by atoms with van der Waals surface area (Å²) in [5.41, 5.74) is 7.85. The molecule has 0 heterocycles. The van der Waals surface area contributed by atoms with Gasteiger partial charge >= 0.3 is 0 Å². The van der Waals surface area contributed by atoms with E-state index in [0.717, 1.165) is 22.9 Å². The number of hydrogen-bond donors (Lipinski definition) is 2. The fourth-order valence-electron chi connectivity index (χ4n) is 2.09. The molecule has 3 N–H and O–H groups in total. The molecule has 16 heavy (non-hydrogen) atoms. The molecule has 0 spiro atoms. The van der Waals surface area contributed by atoms with E-state index in [1.165, 1.54) is 5.56 Å². The van der Waals surface area contributed by atoms with Gasteiger partial charge in [-0.3, -0.25) is 0 Å². The number of amidine groups is 1. The molecule has 1 saturated carbocycles. The number of aryl methyl sites for hydroxylation is 1. The summed E-state index contributed by atoms with van der Waals surface area (Å²) in [6, 6.07) is 6.03. The first-order chi connectivity index (χ1) is 7.12. The zero-order valence-corrected chi connectivity index (χ0v) is 10.1. The molecular weight excluding hydrogens is 268 g/mol. The van der Waals surface area contributed by atoms with E-state index in [1.807, 2.05) is 25.1 Å². The SMILES string of the molecule is C.Cc1cccc(Br)c1C1(/C(N)=N/O)CC1. The quantitative estimate of drug-likeness (QED) is 0.379. The number of hydrogen-bond acceptors (Lipinski definition) is 2. The Kier molecular flexibility index (Phi) is 3.63. The highest BCUT2D eigenvalue weighted by atomic mass is 79.9. The van der Waals surface area contributed by atoms with Gasteiger partial charge in [-0.05, 0) is 37.0 Å². The molecule has 0 unspecified atom stereocenters. The molecule has 0 amide bonds. The number of nitrogens with zero attached hydrogens (tertiary/aromatic N) is 1. The van der Waals surface area contributed by atoms with E-state index in [-0.39, 0.29) is 12.8 Å². The normalized spacial score (nSPS) is 17.8. The summed E-state index contributed by atoms with van der Waals surface area (Å²) in [5, 5.41) is 12.0. The number of halogens is 1. The van der Waals surface area contributed by atoms with E-state index in [1.54, 1.807) is 0 Å². The van der Waals surface area contributed by atoms with Gasteiger partial charge in [-0.1, -0.05) is 40.6 Å². The topological polar surface area (TPSA) is 58.6 Å². The van der Waals surface area contributed by atoms with E-state index >= 15 is 0 Å². The van der Waals surface area contributed by atoms with Crippen molar-refractivity contribution in [1.29, 1.82) is 0 Å². The van der Waals surface area contributed by atoms with Gasteiger partial charge in [0.25, 0.3) is 0 Å². The van der Waals surface area contributed by atoms with Gasteiger partial charge in [0.1, 0.15) is 5.84 Å². The Labute approximate surface area is 104 Å². The lowest BCUT2D eigenvalue weighted by atomic mass is 9.91. The van der Waals surface area contributed by atoms with Gasteiger partial charge in [-0.15, -0.1) is 0 Å². The summed E-state index contributed by atoms with van der Waals surface area (Å²) >= 11 is 3.53. The molecule has 88 valence electrons. The fourth-order valence-corrected chi connectivity index (χ4v) is 2.94. The van der Waals surface area contributed by atoms with E-state index in [9.17, 15) is 0 Å². The van der Waals surface area contributed by atoms with Crippen molar-refractivity contribution < 1.29 is 5.21 Å². The second-order valence-corrected chi connectivity index (χ2v) is 4.85. The zero-order valence-electron chi connectivity index (χ0n) is 8.50. The van der Waals surface area contributed by atoms with E-state index in [0.29, 0.717) is 5.84 Å². The van der Waals surface area contributed by atoms with Crippen LogP contribution >= 0.6 is 15.9 Å². The molecule has 2 rings (SSSR count). The van der Waals surface area contributed by atoms with Crippen LogP contribution in [0.3, 0.4) is 0 Å². The van der Waals surface area contributed by atoms with Crippen molar-refractivity contribution in [2.24, 2.45) is 10.9 Å². The molecule has 1 aromatic rings. The molecule has 1 aliphatic rings. The predicted octanol–water partition coefficient (Wildman–Crippen LogP) is 3.17. The summed E-state index contributed by atoms with van der Waals surface area (Å²) < 4.78 is 1.03. The molecule has 1 aliphatic carbocycles. The smallest absolute Gasteiger partial charge is 0.149 e. The Hall–Kier alpha value is -1.03. The molecule has 1 fully saturated rings. The molecule has 0 aromatic heterocycles. The first kappa shape index (κ1) is 13.0. The summed E-state index contributed by atoms with van der Waals surface area (Å²) in [4.78, 5) is 0. The largest absolute Gasteiger partial charge is 0.409 e. The minimum atomic E-state index is -0.237. The number of nitrogens with two attached hydrogens (primary N) is 1. The van der Waals surface area contributed by atoms with Crippen LogP contribution < -0.4 is 5.73 Å². The summed E-state index contributed by atoms with van der Waals surface area (Å²) in [6.45, 7) is 2.05. The molecule has 0 saturated heterocycles. The van der Waals surface area contributed by atoms with Crippen molar-refractivity contribution in [3.05, 3.63) is 33.8 Å². The van der Waals surface area contributed by atoms with Crippen LogP contribution in [0.15, 0.2) is 27.8 Å². The fraction of sp³-hybridized carbons (Fsp3) is 0.417. The van der Waals surface area contributed by atoms with Crippen LogP contribution in [0.25, 0.3) is 0 Å². The molecule has 4 heteroatoms. The van der Waals surface area contributed by atoms with E-state index < -0.39 is 0 Å². The summed E-state index contributed by atoms with van der Waals surface area (Å²) in [6.07, 6.45) is 1.90. The van der Waals surface area contributed by atoms with Gasteiger partial charge in [0, 0.05) is 4.47 Å². The molecule has 1 aromatic carbocycles. The Morgan fingerprint density at radius 3 is 2.56 bits per heavy atom. The Morgan fingerprint density at radius 2 is 2.12 bits per heavy atom. The molecule has 0 aliphatic heterocycles. The lowest BCUT2D eigenvalue weighted by Gasteiger charge is -2.18. The van der Waals surface area contributed by atoms with Gasteiger partial charge in [-0.2, -0.15) is 0 Å². The third kappa shape index (κ3) is 1.82. The standard InChI is InChI=1S/C11H13BrN2O.CH4/c1-7-3-2-4-8(12)9(7)11(5-6-11)10(13)14-15;/h2-4,15H,5-6H2,1H3,(H2,13,14);1H4. The van der Waals surface area contributed by atoms with Crippen molar-refractivity contribution in [1.82, 2.24) is 0 Å². The average Bonchev–Trinajstić information content (AvgIpc) is 2.98. The second-order valence-electron chi connectivity index (χ2n) is 4.00. The molecule has 0 atom stereocenters. The minimum Gasteiger partial charge on any atom is -0.409 e. The molecule has 0 radical (unpaired) electrons. The second kappa shape index (κ2) is 4.45.